The van der Waals surface area contributed by atoms with Gasteiger partial charge in [-0.25, -0.2) is 4.79 Å². The van der Waals surface area contributed by atoms with Crippen molar-refractivity contribution < 1.29 is 13.9 Å². The van der Waals surface area contributed by atoms with Gasteiger partial charge in [0.2, 0.25) is 0 Å². The van der Waals surface area contributed by atoms with Crippen molar-refractivity contribution in [3.05, 3.63) is 34.4 Å². The Kier molecular flexibility index (Phi) is 4.89. The van der Waals surface area contributed by atoms with E-state index in [0.717, 1.165) is 12.8 Å². The van der Waals surface area contributed by atoms with E-state index in [1.807, 2.05) is 0 Å². The van der Waals surface area contributed by atoms with Gasteiger partial charge >= 0.3 is 6.03 Å². The van der Waals surface area contributed by atoms with Crippen molar-refractivity contribution in [1.29, 1.82) is 0 Å². The van der Waals surface area contributed by atoms with E-state index in [-0.39, 0.29) is 17.8 Å². The zero-order valence-electron chi connectivity index (χ0n) is 11.7. The van der Waals surface area contributed by atoms with Crippen molar-refractivity contribution in [3.8, 4) is 0 Å². The van der Waals surface area contributed by atoms with E-state index in [4.69, 9.17) is 0 Å². The zero-order chi connectivity index (χ0) is 15.4. The maximum Gasteiger partial charge on any atom is 0.321 e. The summed E-state index contributed by atoms with van der Waals surface area (Å²) in [4.78, 5) is 23.8. The van der Waals surface area contributed by atoms with Gasteiger partial charge in [0, 0.05) is 53.2 Å². The third kappa shape index (κ3) is 4.01. The Labute approximate surface area is 124 Å². The zero-order valence-corrected chi connectivity index (χ0v) is 12.5. The normalized spacial score (nSPS) is 21.6. The molecule has 114 valence electrons. The molecule has 1 aromatic carbocycles. The number of urea groups is 1. The fraction of sp³-hybridized carbons (Fsp3) is 0.462. The van der Waals surface area contributed by atoms with Gasteiger partial charge in [0.25, 0.3) is 5.69 Å². The molecule has 1 fully saturated rings. The summed E-state index contributed by atoms with van der Waals surface area (Å²) < 4.78 is 11.3. The molecule has 21 heavy (non-hydrogen) atoms. The lowest BCUT2D eigenvalue weighted by atomic mass is 10.1. The van der Waals surface area contributed by atoms with Crippen LogP contribution in [-0.2, 0) is 10.8 Å². The summed E-state index contributed by atoms with van der Waals surface area (Å²) in [7, 11) is 0.950. The van der Waals surface area contributed by atoms with Crippen LogP contribution in [0.5, 0.6) is 0 Å². The number of rotatable bonds is 3. The van der Waals surface area contributed by atoms with Gasteiger partial charge in [-0.05, 0) is 25.0 Å². The van der Waals surface area contributed by atoms with Gasteiger partial charge in [-0.1, -0.05) is 0 Å². The van der Waals surface area contributed by atoms with Crippen LogP contribution in [-0.4, -0.2) is 44.7 Å². The van der Waals surface area contributed by atoms with Crippen molar-refractivity contribution in [2.45, 2.75) is 18.9 Å². The number of anilines is 1. The monoisotopic (exact) mass is 311 g/mol. The summed E-state index contributed by atoms with van der Waals surface area (Å²) in [5.41, 5.74) is 0.493. The second-order valence-corrected chi connectivity index (χ2v) is 6.62. The molecular formula is C13H17N3O4S. The number of hydrogen-bond donors (Lipinski definition) is 1. The number of nitro benzene ring substituents is 1. The summed E-state index contributed by atoms with van der Waals surface area (Å²) in [6.45, 7) is 0. The SMILES string of the molecule is CN(C(=O)Nc1ccc([N+](=O)[O-])cc1)C1CCS(=O)CC1. The molecule has 1 heterocycles. The summed E-state index contributed by atoms with van der Waals surface area (Å²) >= 11 is 0. The molecule has 8 heteroatoms. The molecule has 0 aliphatic carbocycles. The van der Waals surface area contributed by atoms with Crippen molar-refractivity contribution in [2.24, 2.45) is 0 Å². The van der Waals surface area contributed by atoms with Crippen LogP contribution >= 0.6 is 0 Å². The van der Waals surface area contributed by atoms with E-state index < -0.39 is 15.7 Å². The quantitative estimate of drug-likeness (QED) is 0.682. The average Bonchev–Trinajstić information content (AvgIpc) is 2.47. The first-order valence-electron chi connectivity index (χ1n) is 6.60. The summed E-state index contributed by atoms with van der Waals surface area (Å²) in [5.74, 6) is 1.25. The highest BCUT2D eigenvalue weighted by Crippen LogP contribution is 2.18. The van der Waals surface area contributed by atoms with E-state index in [1.54, 1.807) is 11.9 Å². The number of non-ortho nitro benzene ring substituents is 1. The molecule has 7 nitrogen and oxygen atoms in total. The van der Waals surface area contributed by atoms with Gasteiger partial charge in [0.05, 0.1) is 4.92 Å². The number of amides is 2. The van der Waals surface area contributed by atoms with E-state index in [1.165, 1.54) is 24.3 Å². The lowest BCUT2D eigenvalue weighted by Gasteiger charge is -2.30. The van der Waals surface area contributed by atoms with Crippen LogP contribution in [0, 0.1) is 10.1 Å². The van der Waals surface area contributed by atoms with Crippen molar-refractivity contribution in [1.82, 2.24) is 4.90 Å². The lowest BCUT2D eigenvalue weighted by Crippen LogP contribution is -2.43. The number of nitrogens with zero attached hydrogens (tertiary/aromatic N) is 2. The summed E-state index contributed by atoms with van der Waals surface area (Å²) in [5, 5.41) is 13.3. The lowest BCUT2D eigenvalue weighted by molar-refractivity contribution is -0.384. The van der Waals surface area contributed by atoms with Crippen molar-refractivity contribution >= 4 is 28.2 Å². The van der Waals surface area contributed by atoms with Crippen LogP contribution in [0.3, 0.4) is 0 Å². The minimum atomic E-state index is -0.758. The Morgan fingerprint density at radius 1 is 1.33 bits per heavy atom. The fourth-order valence-corrected chi connectivity index (χ4v) is 3.49. The Balaban J connectivity index is 1.94. The van der Waals surface area contributed by atoms with Crippen LogP contribution in [0.15, 0.2) is 24.3 Å². The third-order valence-electron chi connectivity index (χ3n) is 3.55. The maximum absolute atomic E-state index is 12.1. The fourth-order valence-electron chi connectivity index (χ4n) is 2.21. The predicted molar refractivity (Wildman–Crippen MR) is 80.8 cm³/mol. The van der Waals surface area contributed by atoms with Crippen LogP contribution in [0.1, 0.15) is 12.8 Å². The highest BCUT2D eigenvalue weighted by atomic mass is 32.2. The Hall–Kier alpha value is -1.96. The largest absolute Gasteiger partial charge is 0.325 e. The number of carbonyl (C=O) groups is 1. The first-order valence-corrected chi connectivity index (χ1v) is 8.09. The second kappa shape index (κ2) is 6.66. The number of hydrogen-bond acceptors (Lipinski definition) is 4. The molecule has 1 aliphatic rings. The Morgan fingerprint density at radius 2 is 1.90 bits per heavy atom. The molecule has 1 aromatic rings. The maximum atomic E-state index is 12.1. The van der Waals surface area contributed by atoms with E-state index in [9.17, 15) is 19.1 Å². The van der Waals surface area contributed by atoms with Crippen LogP contribution in [0.25, 0.3) is 0 Å². The van der Waals surface area contributed by atoms with Crippen LogP contribution in [0.4, 0.5) is 16.2 Å². The standard InChI is InChI=1S/C13H17N3O4S/c1-15(11-6-8-21(20)9-7-11)13(17)14-10-2-4-12(5-3-10)16(18)19/h2-5,11H,6-9H2,1H3,(H,14,17). The van der Waals surface area contributed by atoms with E-state index in [0.29, 0.717) is 17.2 Å². The molecule has 0 radical (unpaired) electrons. The first-order chi connectivity index (χ1) is 9.97. The number of benzene rings is 1. The molecule has 0 unspecified atom stereocenters. The average molecular weight is 311 g/mol. The van der Waals surface area contributed by atoms with E-state index in [2.05, 4.69) is 5.32 Å². The van der Waals surface area contributed by atoms with Crippen molar-refractivity contribution in [3.63, 3.8) is 0 Å². The molecule has 1 saturated heterocycles. The van der Waals surface area contributed by atoms with Gasteiger partial charge in [-0.15, -0.1) is 0 Å². The summed E-state index contributed by atoms with van der Waals surface area (Å²) in [6, 6.07) is 5.51. The number of nitrogens with one attached hydrogen (secondary N) is 1. The first kappa shape index (κ1) is 15.4. The molecule has 2 amide bonds. The van der Waals surface area contributed by atoms with Gasteiger partial charge in [0.15, 0.2) is 0 Å². The highest BCUT2D eigenvalue weighted by Gasteiger charge is 2.24. The molecule has 2 rings (SSSR count). The van der Waals surface area contributed by atoms with Crippen LogP contribution in [0.2, 0.25) is 0 Å². The highest BCUT2D eigenvalue weighted by molar-refractivity contribution is 7.85. The van der Waals surface area contributed by atoms with Crippen LogP contribution < -0.4 is 5.32 Å². The topological polar surface area (TPSA) is 92.6 Å². The predicted octanol–water partition coefficient (Wildman–Crippen LogP) is 1.97. The molecule has 1 aliphatic heterocycles. The van der Waals surface area contributed by atoms with Gasteiger partial charge in [0.1, 0.15) is 0 Å². The van der Waals surface area contributed by atoms with Gasteiger partial charge in [-0.2, -0.15) is 0 Å². The minimum Gasteiger partial charge on any atom is -0.325 e. The number of nitro groups is 1. The smallest absolute Gasteiger partial charge is 0.321 e. The molecule has 0 atom stereocenters. The molecular weight excluding hydrogens is 294 g/mol. The number of carbonyl (C=O) groups excluding carboxylic acids is 1. The Morgan fingerprint density at radius 3 is 2.43 bits per heavy atom. The minimum absolute atomic E-state index is 0.0175. The third-order valence-corrected chi connectivity index (χ3v) is 4.94. The Bertz CT molecular complexity index is 551. The molecule has 1 N–H and O–H groups in total. The molecule has 0 spiro atoms. The second-order valence-electron chi connectivity index (χ2n) is 4.92. The van der Waals surface area contributed by atoms with Gasteiger partial charge < -0.3 is 10.2 Å². The van der Waals surface area contributed by atoms with Gasteiger partial charge in [-0.3, -0.25) is 14.3 Å². The summed E-state index contributed by atoms with van der Waals surface area (Å²) in [6.07, 6.45) is 1.47. The molecule has 0 saturated carbocycles. The van der Waals surface area contributed by atoms with E-state index >= 15 is 0 Å². The van der Waals surface area contributed by atoms with Crippen molar-refractivity contribution in [2.75, 3.05) is 23.9 Å². The molecule has 0 bridgehead atoms. The molecule has 0 aromatic heterocycles.